The lowest BCUT2D eigenvalue weighted by Gasteiger charge is -2.36. The van der Waals surface area contributed by atoms with Crippen LogP contribution in [0.25, 0.3) is 0 Å². The van der Waals surface area contributed by atoms with Crippen molar-refractivity contribution >= 4 is 18.3 Å². The topological polar surface area (TPSA) is 49.6 Å². The Morgan fingerprint density at radius 3 is 2.50 bits per heavy atom. The molecule has 0 aromatic heterocycles. The van der Waals surface area contributed by atoms with E-state index >= 15 is 0 Å². The van der Waals surface area contributed by atoms with Gasteiger partial charge in [-0.2, -0.15) is 0 Å². The first-order valence-corrected chi connectivity index (χ1v) is 7.80. The smallest absolute Gasteiger partial charge is 0.236 e. The Bertz CT molecular complexity index is 305. The van der Waals surface area contributed by atoms with E-state index in [4.69, 9.17) is 5.73 Å². The highest BCUT2D eigenvalue weighted by atomic mass is 35.5. The molecular formula is C15H30ClN3O. The van der Waals surface area contributed by atoms with Crippen molar-refractivity contribution in [3.8, 4) is 0 Å². The fourth-order valence-electron chi connectivity index (χ4n) is 3.37. The van der Waals surface area contributed by atoms with Gasteiger partial charge in [0.2, 0.25) is 5.91 Å². The van der Waals surface area contributed by atoms with E-state index in [2.05, 4.69) is 11.8 Å². The van der Waals surface area contributed by atoms with E-state index < -0.39 is 0 Å². The molecule has 2 rings (SSSR count). The molecule has 2 aliphatic rings. The summed E-state index contributed by atoms with van der Waals surface area (Å²) in [6.07, 6.45) is 7.08. The lowest BCUT2D eigenvalue weighted by Crippen LogP contribution is -2.49. The average Bonchev–Trinajstić information content (AvgIpc) is 2.39. The molecule has 118 valence electrons. The van der Waals surface area contributed by atoms with Gasteiger partial charge in [0.1, 0.15) is 0 Å². The van der Waals surface area contributed by atoms with Crippen molar-refractivity contribution in [2.24, 2.45) is 11.7 Å². The summed E-state index contributed by atoms with van der Waals surface area (Å²) in [5.41, 5.74) is 5.97. The Morgan fingerprint density at radius 2 is 1.90 bits per heavy atom. The molecular weight excluding hydrogens is 274 g/mol. The number of halogens is 1. The molecule has 0 bridgehead atoms. The molecule has 1 saturated carbocycles. The number of likely N-dealkylation sites (N-methyl/N-ethyl adjacent to an activating group) is 1. The van der Waals surface area contributed by atoms with Crippen LogP contribution in [-0.4, -0.2) is 54.5 Å². The number of nitrogens with zero attached hydrogens (tertiary/aromatic N) is 2. The van der Waals surface area contributed by atoms with E-state index in [9.17, 15) is 4.79 Å². The third-order valence-corrected chi connectivity index (χ3v) is 4.83. The minimum Gasteiger partial charge on any atom is -0.342 e. The maximum absolute atomic E-state index is 12.3. The number of carbonyl (C=O) groups excluding carboxylic acids is 1. The summed E-state index contributed by atoms with van der Waals surface area (Å²) in [5, 5.41) is 0. The highest BCUT2D eigenvalue weighted by molar-refractivity contribution is 5.85. The lowest BCUT2D eigenvalue weighted by atomic mass is 9.87. The Morgan fingerprint density at radius 1 is 1.25 bits per heavy atom. The van der Waals surface area contributed by atoms with Crippen molar-refractivity contribution in [2.45, 2.75) is 57.5 Å². The highest BCUT2D eigenvalue weighted by Crippen LogP contribution is 2.26. The Kier molecular flexibility index (Phi) is 7.27. The molecule has 5 heteroatoms. The van der Waals surface area contributed by atoms with Gasteiger partial charge in [-0.3, -0.25) is 9.69 Å². The maximum Gasteiger partial charge on any atom is 0.236 e. The Hall–Kier alpha value is -0.320. The second kappa shape index (κ2) is 8.20. The lowest BCUT2D eigenvalue weighted by molar-refractivity contribution is -0.134. The fraction of sp³-hybridized carbons (Fsp3) is 0.933. The minimum atomic E-state index is 0. The van der Waals surface area contributed by atoms with Crippen LogP contribution in [0.5, 0.6) is 0 Å². The number of carbonyl (C=O) groups is 1. The van der Waals surface area contributed by atoms with Gasteiger partial charge in [-0.25, -0.2) is 0 Å². The summed E-state index contributed by atoms with van der Waals surface area (Å²) in [4.78, 5) is 16.6. The Balaban J connectivity index is 0.00000200. The zero-order chi connectivity index (χ0) is 13.8. The first-order valence-electron chi connectivity index (χ1n) is 7.80. The molecule has 20 heavy (non-hydrogen) atoms. The quantitative estimate of drug-likeness (QED) is 0.866. The van der Waals surface area contributed by atoms with Crippen LogP contribution in [0.1, 0.15) is 45.4 Å². The van der Waals surface area contributed by atoms with Crippen molar-refractivity contribution in [3.05, 3.63) is 0 Å². The molecule has 4 nitrogen and oxygen atoms in total. The SMILES string of the molecule is CC1CCC(N(C)C(=O)CN2CCC[C@@H](N)C2)CC1.Cl. The van der Waals surface area contributed by atoms with Crippen molar-refractivity contribution < 1.29 is 4.79 Å². The zero-order valence-electron chi connectivity index (χ0n) is 12.9. The normalized spacial score (nSPS) is 31.4. The fourth-order valence-corrected chi connectivity index (χ4v) is 3.37. The van der Waals surface area contributed by atoms with E-state index in [0.29, 0.717) is 12.6 Å². The van der Waals surface area contributed by atoms with Crippen LogP contribution >= 0.6 is 12.4 Å². The second-order valence-electron chi connectivity index (χ2n) is 6.56. The van der Waals surface area contributed by atoms with Gasteiger partial charge >= 0.3 is 0 Å². The second-order valence-corrected chi connectivity index (χ2v) is 6.56. The monoisotopic (exact) mass is 303 g/mol. The summed E-state index contributed by atoms with van der Waals surface area (Å²) >= 11 is 0. The third kappa shape index (κ3) is 4.90. The van der Waals surface area contributed by atoms with E-state index in [-0.39, 0.29) is 24.4 Å². The number of hydrogen-bond donors (Lipinski definition) is 1. The Labute approximate surface area is 129 Å². The largest absolute Gasteiger partial charge is 0.342 e. The molecule has 1 aliphatic carbocycles. The average molecular weight is 304 g/mol. The molecule has 0 spiro atoms. The van der Waals surface area contributed by atoms with E-state index in [1.807, 2.05) is 11.9 Å². The molecule has 1 saturated heterocycles. The first-order chi connectivity index (χ1) is 9.06. The van der Waals surface area contributed by atoms with E-state index in [1.54, 1.807) is 0 Å². The number of amides is 1. The van der Waals surface area contributed by atoms with Crippen LogP contribution in [0, 0.1) is 5.92 Å². The maximum atomic E-state index is 12.3. The van der Waals surface area contributed by atoms with Gasteiger partial charge < -0.3 is 10.6 Å². The minimum absolute atomic E-state index is 0. The molecule has 0 aromatic carbocycles. The standard InChI is InChI=1S/C15H29N3O.ClH/c1-12-5-7-14(8-6-12)17(2)15(19)11-18-9-3-4-13(16)10-18;/h12-14H,3-11,16H2,1-2H3;1H/t12?,13-,14?;/m1./s1. The zero-order valence-corrected chi connectivity index (χ0v) is 13.7. The predicted molar refractivity (Wildman–Crippen MR) is 85.1 cm³/mol. The number of nitrogens with two attached hydrogens (primary N) is 1. The molecule has 0 aromatic rings. The molecule has 0 unspecified atom stereocenters. The number of piperidine rings is 1. The van der Waals surface area contributed by atoms with Gasteiger partial charge in [-0.05, 0) is 51.0 Å². The van der Waals surface area contributed by atoms with Crippen LogP contribution in [-0.2, 0) is 4.79 Å². The van der Waals surface area contributed by atoms with Gasteiger partial charge in [0.15, 0.2) is 0 Å². The van der Waals surface area contributed by atoms with Crippen molar-refractivity contribution in [1.82, 2.24) is 9.80 Å². The van der Waals surface area contributed by atoms with Crippen molar-refractivity contribution in [2.75, 3.05) is 26.7 Å². The molecule has 0 radical (unpaired) electrons. The highest BCUT2D eigenvalue weighted by Gasteiger charge is 2.26. The van der Waals surface area contributed by atoms with Crippen LogP contribution in [0.4, 0.5) is 0 Å². The van der Waals surface area contributed by atoms with Crippen molar-refractivity contribution in [3.63, 3.8) is 0 Å². The van der Waals surface area contributed by atoms with Crippen LogP contribution in [0.3, 0.4) is 0 Å². The van der Waals surface area contributed by atoms with Gasteiger partial charge in [0, 0.05) is 25.7 Å². The summed E-state index contributed by atoms with van der Waals surface area (Å²) in [7, 11) is 1.98. The number of hydrogen-bond acceptors (Lipinski definition) is 3. The molecule has 1 amide bonds. The summed E-state index contributed by atoms with van der Waals surface area (Å²) in [6.45, 7) is 4.76. The first kappa shape index (κ1) is 17.7. The van der Waals surface area contributed by atoms with Crippen molar-refractivity contribution in [1.29, 1.82) is 0 Å². The summed E-state index contributed by atoms with van der Waals surface area (Å²) < 4.78 is 0. The van der Waals surface area contributed by atoms with E-state index in [1.165, 1.54) is 25.7 Å². The molecule has 1 atom stereocenters. The molecule has 1 heterocycles. The van der Waals surface area contributed by atoms with Crippen LogP contribution < -0.4 is 5.73 Å². The van der Waals surface area contributed by atoms with Crippen LogP contribution in [0.15, 0.2) is 0 Å². The number of rotatable bonds is 3. The van der Waals surface area contributed by atoms with Gasteiger partial charge in [0.05, 0.1) is 6.54 Å². The van der Waals surface area contributed by atoms with Crippen LogP contribution in [0.2, 0.25) is 0 Å². The van der Waals surface area contributed by atoms with E-state index in [0.717, 1.165) is 31.8 Å². The molecule has 1 aliphatic heterocycles. The molecule has 2 fully saturated rings. The molecule has 2 N–H and O–H groups in total. The number of likely N-dealkylation sites (tertiary alicyclic amines) is 1. The van der Waals surface area contributed by atoms with Gasteiger partial charge in [0.25, 0.3) is 0 Å². The summed E-state index contributed by atoms with van der Waals surface area (Å²) in [5.74, 6) is 1.11. The van der Waals surface area contributed by atoms with Gasteiger partial charge in [-0.1, -0.05) is 6.92 Å². The predicted octanol–water partition coefficient (Wildman–Crippen LogP) is 1.87. The summed E-state index contributed by atoms with van der Waals surface area (Å²) in [6, 6.07) is 0.713. The third-order valence-electron chi connectivity index (χ3n) is 4.83. The van der Waals surface area contributed by atoms with Gasteiger partial charge in [-0.15, -0.1) is 12.4 Å².